The van der Waals surface area contributed by atoms with E-state index in [2.05, 4.69) is 12.0 Å². The summed E-state index contributed by atoms with van der Waals surface area (Å²) >= 11 is 1.31. The molecule has 3 aromatic rings. The Bertz CT molecular complexity index is 954. The Labute approximate surface area is 136 Å². The maximum atomic E-state index is 12.7. The molecule has 1 aliphatic rings. The van der Waals surface area contributed by atoms with Crippen LogP contribution in [0.2, 0.25) is 0 Å². The number of nitrogens with one attached hydrogen (secondary N) is 1. The number of thiophene rings is 1. The minimum Gasteiger partial charge on any atom is -0.334 e. The number of pyridine rings is 1. The van der Waals surface area contributed by atoms with Crippen molar-refractivity contribution in [2.75, 3.05) is 33.2 Å². The number of carbonyl (C=O) groups excluding carboxylic acids is 1. The van der Waals surface area contributed by atoms with Gasteiger partial charge in [0.25, 0.3) is 11.5 Å². The second-order valence-electron chi connectivity index (χ2n) is 5.92. The number of piperazine rings is 1. The second kappa shape index (κ2) is 5.43. The van der Waals surface area contributed by atoms with Gasteiger partial charge >= 0.3 is 0 Å². The predicted molar refractivity (Wildman–Crippen MR) is 89.4 cm³/mol. The first-order valence-corrected chi connectivity index (χ1v) is 8.46. The fraction of sp³-hybridized carbons (Fsp3) is 0.312. The number of likely N-dealkylation sites (N-methyl/N-ethyl adjacent to an activating group) is 1. The molecule has 1 amide bonds. The summed E-state index contributed by atoms with van der Waals surface area (Å²) in [7, 11) is 2.14. The van der Waals surface area contributed by atoms with Gasteiger partial charge in [-0.05, 0) is 18.2 Å². The number of carbonyl (C=O) groups is 1. The van der Waals surface area contributed by atoms with E-state index in [0.29, 0.717) is 20.7 Å². The van der Waals surface area contributed by atoms with Gasteiger partial charge < -0.3 is 9.80 Å². The molecule has 0 radical (unpaired) electrons. The second-order valence-corrected chi connectivity index (χ2v) is 6.96. The van der Waals surface area contributed by atoms with Gasteiger partial charge in [0, 0.05) is 6.20 Å². The predicted octanol–water partition coefficient (Wildman–Crippen LogP) is -0.120. The summed E-state index contributed by atoms with van der Waals surface area (Å²) in [5, 5.41) is 0.516. The molecule has 1 fully saturated rings. The minimum absolute atomic E-state index is 0.00829. The standard InChI is InChI=1S/C16H16N4O2S/c1-18-6-8-19(9-7-18)16(22)12-10-11-14(23-12)17-13-4-2-3-5-20(13)15(11)21/h2-5,10H,6-9H2,1H3/p+1. The van der Waals surface area contributed by atoms with E-state index in [1.807, 2.05) is 11.0 Å². The molecule has 0 saturated carbocycles. The molecule has 0 unspecified atom stereocenters. The summed E-state index contributed by atoms with van der Waals surface area (Å²) in [4.78, 5) is 34.3. The molecule has 0 spiro atoms. The molecule has 0 atom stereocenters. The summed E-state index contributed by atoms with van der Waals surface area (Å²) in [5.41, 5.74) is 0.484. The molecule has 1 N–H and O–H groups in total. The molecule has 4 rings (SSSR count). The zero-order valence-electron chi connectivity index (χ0n) is 12.8. The summed E-state index contributed by atoms with van der Waals surface area (Å²) in [6, 6.07) is 7.14. The highest BCUT2D eigenvalue weighted by Gasteiger charge is 2.24. The zero-order valence-corrected chi connectivity index (χ0v) is 13.6. The van der Waals surface area contributed by atoms with Gasteiger partial charge in [-0.1, -0.05) is 6.07 Å². The molecule has 7 heteroatoms. The Hall–Kier alpha value is -2.25. The van der Waals surface area contributed by atoms with Gasteiger partial charge in [0.15, 0.2) is 0 Å². The maximum absolute atomic E-state index is 12.7. The largest absolute Gasteiger partial charge is 0.334 e. The summed E-state index contributed by atoms with van der Waals surface area (Å²) in [5.74, 6) is 0.00829. The smallest absolute Gasteiger partial charge is 0.266 e. The van der Waals surface area contributed by atoms with Gasteiger partial charge in [0.2, 0.25) is 0 Å². The van der Waals surface area contributed by atoms with Crippen LogP contribution in [0.4, 0.5) is 0 Å². The van der Waals surface area contributed by atoms with E-state index < -0.39 is 0 Å². The van der Waals surface area contributed by atoms with Gasteiger partial charge in [-0.3, -0.25) is 14.0 Å². The van der Waals surface area contributed by atoms with Gasteiger partial charge in [-0.15, -0.1) is 11.3 Å². The summed E-state index contributed by atoms with van der Waals surface area (Å²) in [6.07, 6.45) is 1.70. The molecular formula is C16H17N4O2S+. The average molecular weight is 329 g/mol. The minimum atomic E-state index is -0.122. The number of rotatable bonds is 1. The quantitative estimate of drug-likeness (QED) is 0.677. The SMILES string of the molecule is C[NH+]1CCN(C(=O)c2cc3c(=O)n4ccccc4nc3s2)CC1. The van der Waals surface area contributed by atoms with E-state index in [0.717, 1.165) is 26.2 Å². The number of hydrogen-bond donors (Lipinski definition) is 1. The van der Waals surface area contributed by atoms with Crippen LogP contribution in [0.15, 0.2) is 35.3 Å². The molecule has 0 aliphatic carbocycles. The third kappa shape index (κ3) is 2.42. The average Bonchev–Trinajstić information content (AvgIpc) is 2.99. The molecule has 4 heterocycles. The number of aromatic nitrogens is 2. The van der Waals surface area contributed by atoms with Gasteiger partial charge in [-0.2, -0.15) is 0 Å². The first-order chi connectivity index (χ1) is 11.1. The van der Waals surface area contributed by atoms with E-state index in [-0.39, 0.29) is 11.5 Å². The Morgan fingerprint density at radius 1 is 1.30 bits per heavy atom. The van der Waals surface area contributed by atoms with Crippen LogP contribution < -0.4 is 10.5 Å². The van der Waals surface area contributed by atoms with Gasteiger partial charge in [0.05, 0.1) is 43.5 Å². The van der Waals surface area contributed by atoms with E-state index in [9.17, 15) is 9.59 Å². The monoisotopic (exact) mass is 329 g/mol. The fourth-order valence-electron chi connectivity index (χ4n) is 2.90. The van der Waals surface area contributed by atoms with Crippen LogP contribution in [-0.4, -0.2) is 53.4 Å². The maximum Gasteiger partial charge on any atom is 0.266 e. The van der Waals surface area contributed by atoms with Crippen molar-refractivity contribution >= 4 is 33.1 Å². The van der Waals surface area contributed by atoms with Crippen LogP contribution in [0.3, 0.4) is 0 Å². The van der Waals surface area contributed by atoms with Crippen LogP contribution >= 0.6 is 11.3 Å². The topological polar surface area (TPSA) is 59.1 Å². The molecule has 6 nitrogen and oxygen atoms in total. The van der Waals surface area contributed by atoms with E-state index in [4.69, 9.17) is 0 Å². The first-order valence-electron chi connectivity index (χ1n) is 7.65. The lowest BCUT2D eigenvalue weighted by Gasteiger charge is -2.29. The van der Waals surface area contributed by atoms with E-state index >= 15 is 0 Å². The number of hydrogen-bond acceptors (Lipinski definition) is 4. The fourth-order valence-corrected chi connectivity index (χ4v) is 3.90. The molecule has 1 saturated heterocycles. The highest BCUT2D eigenvalue weighted by Crippen LogP contribution is 2.23. The van der Waals surface area contributed by atoms with Crippen LogP contribution in [-0.2, 0) is 0 Å². The normalized spacial score (nSPS) is 16.3. The van der Waals surface area contributed by atoms with Crippen LogP contribution in [0.5, 0.6) is 0 Å². The molecule has 23 heavy (non-hydrogen) atoms. The first kappa shape index (κ1) is 14.3. The van der Waals surface area contributed by atoms with Crippen LogP contribution in [0.1, 0.15) is 9.67 Å². The van der Waals surface area contributed by atoms with Crippen LogP contribution in [0.25, 0.3) is 15.9 Å². The third-order valence-electron chi connectivity index (χ3n) is 4.33. The van der Waals surface area contributed by atoms with Gasteiger partial charge in [0.1, 0.15) is 10.5 Å². The van der Waals surface area contributed by atoms with Crippen molar-refractivity contribution in [2.45, 2.75) is 0 Å². The number of amides is 1. The highest BCUT2D eigenvalue weighted by atomic mass is 32.1. The number of quaternary nitrogens is 1. The number of fused-ring (bicyclic) bond motifs is 2. The number of nitrogens with zero attached hydrogens (tertiary/aromatic N) is 3. The molecule has 3 aromatic heterocycles. The lowest BCUT2D eigenvalue weighted by Crippen LogP contribution is -3.12. The lowest BCUT2D eigenvalue weighted by atomic mass is 10.3. The lowest BCUT2D eigenvalue weighted by molar-refractivity contribution is -0.883. The summed E-state index contributed by atoms with van der Waals surface area (Å²) < 4.78 is 1.52. The Kier molecular flexibility index (Phi) is 3.39. The molecule has 118 valence electrons. The van der Waals surface area contributed by atoms with Crippen molar-refractivity contribution in [1.29, 1.82) is 0 Å². The molecular weight excluding hydrogens is 312 g/mol. The Balaban J connectivity index is 1.77. The third-order valence-corrected chi connectivity index (χ3v) is 5.35. The van der Waals surface area contributed by atoms with Crippen molar-refractivity contribution in [3.8, 4) is 0 Å². The van der Waals surface area contributed by atoms with Gasteiger partial charge in [-0.25, -0.2) is 4.98 Å². The molecule has 0 bridgehead atoms. The molecule has 1 aliphatic heterocycles. The Morgan fingerprint density at radius 3 is 2.87 bits per heavy atom. The van der Waals surface area contributed by atoms with Crippen molar-refractivity contribution in [1.82, 2.24) is 14.3 Å². The van der Waals surface area contributed by atoms with E-state index in [1.54, 1.807) is 24.4 Å². The van der Waals surface area contributed by atoms with Crippen LogP contribution in [0, 0.1) is 0 Å². The highest BCUT2D eigenvalue weighted by molar-refractivity contribution is 7.20. The van der Waals surface area contributed by atoms with Crippen molar-refractivity contribution in [3.63, 3.8) is 0 Å². The Morgan fingerprint density at radius 2 is 2.09 bits per heavy atom. The zero-order chi connectivity index (χ0) is 16.0. The van der Waals surface area contributed by atoms with Crippen molar-refractivity contribution in [2.24, 2.45) is 0 Å². The van der Waals surface area contributed by atoms with Crippen molar-refractivity contribution < 1.29 is 9.69 Å². The van der Waals surface area contributed by atoms with Crippen molar-refractivity contribution in [3.05, 3.63) is 45.7 Å². The molecule has 0 aromatic carbocycles. The summed E-state index contributed by atoms with van der Waals surface area (Å²) in [6.45, 7) is 3.43. The van der Waals surface area contributed by atoms with E-state index in [1.165, 1.54) is 20.6 Å².